The van der Waals surface area contributed by atoms with E-state index in [4.69, 9.17) is 4.74 Å². The number of ether oxygens (including phenoxy) is 1. The van der Waals surface area contributed by atoms with Gasteiger partial charge in [0, 0.05) is 31.5 Å². The lowest BCUT2D eigenvalue weighted by atomic mass is 10.3. The first kappa shape index (κ1) is 15.1. The number of hydrogen-bond acceptors (Lipinski definition) is 5. The molecule has 1 atom stereocenters. The highest BCUT2D eigenvalue weighted by molar-refractivity contribution is 7.89. The molecule has 0 amide bonds. The van der Waals surface area contributed by atoms with Gasteiger partial charge in [0.2, 0.25) is 0 Å². The zero-order valence-corrected chi connectivity index (χ0v) is 11.9. The summed E-state index contributed by atoms with van der Waals surface area (Å²) in [4.78, 5) is 0. The predicted octanol–water partition coefficient (Wildman–Crippen LogP) is -0.249. The van der Waals surface area contributed by atoms with Crippen LogP contribution in [0.15, 0.2) is 5.03 Å². The maximum Gasteiger partial charge on any atom is 0.260 e. The highest BCUT2D eigenvalue weighted by Gasteiger charge is 2.23. The van der Waals surface area contributed by atoms with Gasteiger partial charge in [-0.2, -0.15) is 5.10 Å². The van der Waals surface area contributed by atoms with E-state index >= 15 is 0 Å². The number of sulfonamides is 1. The van der Waals surface area contributed by atoms with Gasteiger partial charge in [0.15, 0.2) is 5.03 Å². The van der Waals surface area contributed by atoms with E-state index in [9.17, 15) is 8.42 Å². The molecule has 0 spiro atoms. The molecule has 104 valence electrons. The molecule has 1 unspecified atom stereocenters. The SMILES string of the molecule is CNCc1c(S(=O)(=O)NCC(C)OC)n[nH]c1C. The third kappa shape index (κ3) is 3.52. The Balaban J connectivity index is 2.91. The van der Waals surface area contributed by atoms with Gasteiger partial charge >= 0.3 is 0 Å². The summed E-state index contributed by atoms with van der Waals surface area (Å²) in [5.41, 5.74) is 1.39. The average molecular weight is 276 g/mol. The summed E-state index contributed by atoms with van der Waals surface area (Å²) in [6.45, 7) is 4.23. The molecule has 18 heavy (non-hydrogen) atoms. The van der Waals surface area contributed by atoms with Crippen molar-refractivity contribution in [2.45, 2.75) is 31.5 Å². The van der Waals surface area contributed by atoms with Gasteiger partial charge in [0.05, 0.1) is 6.10 Å². The molecule has 0 saturated heterocycles. The van der Waals surface area contributed by atoms with Gasteiger partial charge in [0.25, 0.3) is 10.0 Å². The standard InChI is InChI=1S/C10H20N4O3S/c1-7(17-4)5-12-18(15,16)10-9(6-11-3)8(2)13-14-10/h7,11-12H,5-6H2,1-4H3,(H,13,14). The van der Waals surface area contributed by atoms with E-state index in [1.165, 1.54) is 7.11 Å². The molecule has 1 heterocycles. The number of hydrogen-bond donors (Lipinski definition) is 3. The second kappa shape index (κ2) is 6.28. The summed E-state index contributed by atoms with van der Waals surface area (Å²) in [7, 11) is -0.325. The summed E-state index contributed by atoms with van der Waals surface area (Å²) in [5.74, 6) is 0. The highest BCUT2D eigenvalue weighted by Crippen LogP contribution is 2.15. The third-order valence-electron chi connectivity index (χ3n) is 2.61. The Morgan fingerprint density at radius 2 is 2.17 bits per heavy atom. The molecule has 3 N–H and O–H groups in total. The number of aromatic amines is 1. The van der Waals surface area contributed by atoms with E-state index in [0.29, 0.717) is 12.1 Å². The molecule has 0 radical (unpaired) electrons. The maximum atomic E-state index is 12.1. The van der Waals surface area contributed by atoms with Gasteiger partial charge in [-0.15, -0.1) is 0 Å². The van der Waals surface area contributed by atoms with Crippen LogP contribution < -0.4 is 10.0 Å². The van der Waals surface area contributed by atoms with Crippen LogP contribution in [0.4, 0.5) is 0 Å². The van der Waals surface area contributed by atoms with Crippen LogP contribution in [0.25, 0.3) is 0 Å². The molecule has 7 nitrogen and oxygen atoms in total. The molecule has 1 aromatic rings. The Morgan fingerprint density at radius 1 is 1.50 bits per heavy atom. The van der Waals surface area contributed by atoms with Crippen molar-refractivity contribution in [2.24, 2.45) is 0 Å². The lowest BCUT2D eigenvalue weighted by Crippen LogP contribution is -2.32. The van der Waals surface area contributed by atoms with Gasteiger partial charge in [-0.25, -0.2) is 13.1 Å². The van der Waals surface area contributed by atoms with Crippen molar-refractivity contribution in [3.05, 3.63) is 11.3 Å². The number of nitrogens with zero attached hydrogens (tertiary/aromatic N) is 1. The molecule has 0 bridgehead atoms. The molecule has 1 rings (SSSR count). The summed E-state index contributed by atoms with van der Waals surface area (Å²) in [5, 5.41) is 9.50. The van der Waals surface area contributed by atoms with E-state index in [1.54, 1.807) is 20.9 Å². The fourth-order valence-electron chi connectivity index (χ4n) is 1.42. The summed E-state index contributed by atoms with van der Waals surface area (Å²) in [6, 6.07) is 0. The largest absolute Gasteiger partial charge is 0.380 e. The van der Waals surface area contributed by atoms with Crippen molar-refractivity contribution in [1.82, 2.24) is 20.2 Å². The van der Waals surface area contributed by atoms with Gasteiger partial charge in [-0.1, -0.05) is 0 Å². The molecule has 0 aliphatic rings. The molecular weight excluding hydrogens is 256 g/mol. The molecule has 0 aliphatic heterocycles. The molecular formula is C10H20N4O3S. The van der Waals surface area contributed by atoms with Crippen LogP contribution in [-0.4, -0.2) is 45.4 Å². The smallest absolute Gasteiger partial charge is 0.260 e. The first-order valence-corrected chi connectivity index (χ1v) is 7.11. The van der Waals surface area contributed by atoms with Gasteiger partial charge < -0.3 is 10.1 Å². The minimum Gasteiger partial charge on any atom is -0.380 e. The van der Waals surface area contributed by atoms with Crippen molar-refractivity contribution in [3.8, 4) is 0 Å². The van der Waals surface area contributed by atoms with Gasteiger partial charge in [-0.3, -0.25) is 5.10 Å². The number of nitrogens with one attached hydrogen (secondary N) is 3. The summed E-state index contributed by atoms with van der Waals surface area (Å²) in [6.07, 6.45) is -0.187. The predicted molar refractivity (Wildman–Crippen MR) is 67.7 cm³/mol. The van der Waals surface area contributed by atoms with Crippen molar-refractivity contribution in [3.63, 3.8) is 0 Å². The number of aryl methyl sites for hydroxylation is 1. The Morgan fingerprint density at radius 3 is 2.72 bits per heavy atom. The summed E-state index contributed by atoms with van der Waals surface area (Å²) < 4.78 is 31.6. The van der Waals surface area contributed by atoms with Gasteiger partial charge in [0.1, 0.15) is 0 Å². The normalized spacial score (nSPS) is 13.8. The van der Waals surface area contributed by atoms with E-state index in [2.05, 4.69) is 20.2 Å². The summed E-state index contributed by atoms with van der Waals surface area (Å²) >= 11 is 0. The first-order valence-electron chi connectivity index (χ1n) is 5.63. The Labute approximate surface area is 107 Å². The van der Waals surface area contributed by atoms with E-state index < -0.39 is 10.0 Å². The van der Waals surface area contributed by atoms with E-state index in [-0.39, 0.29) is 17.7 Å². The lowest BCUT2D eigenvalue weighted by molar-refractivity contribution is 0.122. The molecule has 0 saturated carbocycles. The molecule has 0 aliphatic carbocycles. The average Bonchev–Trinajstić information content (AvgIpc) is 2.69. The number of H-pyrrole nitrogens is 1. The second-order valence-corrected chi connectivity index (χ2v) is 5.74. The van der Waals surface area contributed by atoms with E-state index in [0.717, 1.165) is 5.69 Å². The van der Waals surface area contributed by atoms with Crippen molar-refractivity contribution in [2.75, 3.05) is 20.7 Å². The highest BCUT2D eigenvalue weighted by atomic mass is 32.2. The minimum atomic E-state index is -3.61. The number of aromatic nitrogens is 2. The molecule has 0 aromatic carbocycles. The van der Waals surface area contributed by atoms with Crippen LogP contribution >= 0.6 is 0 Å². The second-order valence-electron chi connectivity index (χ2n) is 4.06. The van der Waals surface area contributed by atoms with Crippen molar-refractivity contribution < 1.29 is 13.2 Å². The van der Waals surface area contributed by atoms with Crippen LogP contribution in [0.5, 0.6) is 0 Å². The molecule has 1 aromatic heterocycles. The van der Waals surface area contributed by atoms with Crippen LogP contribution in [0, 0.1) is 6.92 Å². The quantitative estimate of drug-likeness (QED) is 0.638. The van der Waals surface area contributed by atoms with Crippen LogP contribution in [0.2, 0.25) is 0 Å². The van der Waals surface area contributed by atoms with Crippen LogP contribution in [0.1, 0.15) is 18.2 Å². The van der Waals surface area contributed by atoms with Gasteiger partial charge in [-0.05, 0) is 20.9 Å². The third-order valence-corrected chi connectivity index (χ3v) is 4.00. The topological polar surface area (TPSA) is 96.1 Å². The Bertz CT molecular complexity index is 483. The molecule has 8 heteroatoms. The lowest BCUT2D eigenvalue weighted by Gasteiger charge is -2.11. The van der Waals surface area contributed by atoms with E-state index in [1.807, 2.05) is 0 Å². The number of rotatable bonds is 7. The Hall–Kier alpha value is -0.960. The Kier molecular flexibility index (Phi) is 5.27. The van der Waals surface area contributed by atoms with Crippen LogP contribution in [0.3, 0.4) is 0 Å². The minimum absolute atomic E-state index is 0.0395. The maximum absolute atomic E-state index is 12.1. The zero-order chi connectivity index (χ0) is 13.8. The monoisotopic (exact) mass is 276 g/mol. The van der Waals surface area contributed by atoms with Crippen LogP contribution in [-0.2, 0) is 21.3 Å². The van der Waals surface area contributed by atoms with Crippen molar-refractivity contribution in [1.29, 1.82) is 0 Å². The first-order chi connectivity index (χ1) is 8.42. The fourth-order valence-corrected chi connectivity index (χ4v) is 2.72. The van der Waals surface area contributed by atoms with Crippen molar-refractivity contribution >= 4 is 10.0 Å². The fraction of sp³-hybridized carbons (Fsp3) is 0.700. The number of methoxy groups -OCH3 is 1. The molecule has 0 fully saturated rings. The zero-order valence-electron chi connectivity index (χ0n) is 11.1.